The SMILES string of the molecule is CCC(C(=O)N(CC1CCCO1)c1nc2ccccc2s1)c1ccccc1. The van der Waals surface area contributed by atoms with Crippen molar-refractivity contribution in [2.45, 2.75) is 38.2 Å². The first-order chi connectivity index (χ1) is 13.3. The van der Waals surface area contributed by atoms with Crippen molar-refractivity contribution in [3.8, 4) is 0 Å². The summed E-state index contributed by atoms with van der Waals surface area (Å²) < 4.78 is 6.93. The fourth-order valence-electron chi connectivity index (χ4n) is 3.66. The number of carbonyl (C=O) groups is 1. The predicted molar refractivity (Wildman–Crippen MR) is 110 cm³/mol. The molecule has 1 amide bonds. The van der Waals surface area contributed by atoms with Crippen molar-refractivity contribution < 1.29 is 9.53 Å². The van der Waals surface area contributed by atoms with Crippen LogP contribution in [0.1, 0.15) is 37.7 Å². The molecule has 0 spiro atoms. The van der Waals surface area contributed by atoms with Crippen molar-refractivity contribution in [2.24, 2.45) is 0 Å². The summed E-state index contributed by atoms with van der Waals surface area (Å²) in [5.74, 6) is -0.0575. The zero-order chi connectivity index (χ0) is 18.6. The number of amides is 1. The number of carbonyl (C=O) groups excluding carboxylic acids is 1. The van der Waals surface area contributed by atoms with Gasteiger partial charge in [0.05, 0.1) is 28.8 Å². The lowest BCUT2D eigenvalue weighted by atomic mass is 9.95. The molecule has 0 N–H and O–H groups in total. The van der Waals surface area contributed by atoms with Crippen molar-refractivity contribution in [3.63, 3.8) is 0 Å². The minimum absolute atomic E-state index is 0.0919. The Kier molecular flexibility index (Phi) is 5.50. The van der Waals surface area contributed by atoms with E-state index in [1.165, 1.54) is 0 Å². The molecule has 1 fully saturated rings. The molecule has 1 aliphatic heterocycles. The highest BCUT2D eigenvalue weighted by atomic mass is 32.1. The molecule has 2 heterocycles. The Labute approximate surface area is 163 Å². The van der Waals surface area contributed by atoms with E-state index in [0.29, 0.717) is 6.54 Å². The molecule has 1 aliphatic rings. The van der Waals surface area contributed by atoms with Crippen LogP contribution in [0, 0.1) is 0 Å². The minimum atomic E-state index is -0.167. The number of para-hydroxylation sites is 1. The van der Waals surface area contributed by atoms with E-state index >= 15 is 0 Å². The monoisotopic (exact) mass is 380 g/mol. The largest absolute Gasteiger partial charge is 0.376 e. The molecule has 140 valence electrons. The van der Waals surface area contributed by atoms with E-state index in [9.17, 15) is 4.79 Å². The van der Waals surface area contributed by atoms with Gasteiger partial charge in [-0.15, -0.1) is 0 Å². The lowest BCUT2D eigenvalue weighted by Crippen LogP contribution is -2.40. The molecule has 5 heteroatoms. The van der Waals surface area contributed by atoms with Gasteiger partial charge in [0.2, 0.25) is 5.91 Å². The van der Waals surface area contributed by atoms with E-state index in [1.807, 2.05) is 53.4 Å². The molecule has 0 radical (unpaired) electrons. The van der Waals surface area contributed by atoms with Gasteiger partial charge in [0.25, 0.3) is 0 Å². The molecule has 3 aromatic rings. The number of hydrogen-bond acceptors (Lipinski definition) is 4. The fraction of sp³-hybridized carbons (Fsp3) is 0.364. The molecule has 1 saturated heterocycles. The summed E-state index contributed by atoms with van der Waals surface area (Å²) >= 11 is 1.58. The molecule has 2 unspecified atom stereocenters. The van der Waals surface area contributed by atoms with Crippen LogP contribution in [0.3, 0.4) is 0 Å². The predicted octanol–water partition coefficient (Wildman–Crippen LogP) is 5.00. The van der Waals surface area contributed by atoms with Gasteiger partial charge in [0.15, 0.2) is 5.13 Å². The molecule has 4 nitrogen and oxygen atoms in total. The smallest absolute Gasteiger partial charge is 0.236 e. The summed E-state index contributed by atoms with van der Waals surface area (Å²) in [7, 11) is 0. The Morgan fingerprint density at radius 2 is 2.00 bits per heavy atom. The minimum Gasteiger partial charge on any atom is -0.376 e. The van der Waals surface area contributed by atoms with Crippen molar-refractivity contribution in [1.82, 2.24) is 4.98 Å². The highest BCUT2D eigenvalue weighted by molar-refractivity contribution is 7.22. The maximum Gasteiger partial charge on any atom is 0.236 e. The first kappa shape index (κ1) is 18.1. The van der Waals surface area contributed by atoms with E-state index in [1.54, 1.807) is 11.3 Å². The summed E-state index contributed by atoms with van der Waals surface area (Å²) in [5.41, 5.74) is 2.00. The second kappa shape index (κ2) is 8.19. The third-order valence-corrected chi connectivity index (χ3v) is 6.16. The van der Waals surface area contributed by atoms with Crippen LogP contribution < -0.4 is 4.90 Å². The summed E-state index contributed by atoms with van der Waals surface area (Å²) in [6, 6.07) is 18.1. The van der Waals surface area contributed by atoms with Crippen LogP contribution in [0.4, 0.5) is 5.13 Å². The average molecular weight is 381 g/mol. The van der Waals surface area contributed by atoms with Gasteiger partial charge >= 0.3 is 0 Å². The Hall–Kier alpha value is -2.24. The maximum absolute atomic E-state index is 13.6. The Balaban J connectivity index is 1.68. The first-order valence-electron chi connectivity index (χ1n) is 9.59. The summed E-state index contributed by atoms with van der Waals surface area (Å²) in [6.45, 7) is 3.42. The number of anilines is 1. The Morgan fingerprint density at radius 1 is 1.22 bits per heavy atom. The molecule has 0 bridgehead atoms. The zero-order valence-corrected chi connectivity index (χ0v) is 16.3. The standard InChI is InChI=1S/C22H24N2O2S/c1-2-18(16-9-4-3-5-10-16)21(25)24(15-17-11-8-14-26-17)22-23-19-12-6-7-13-20(19)27-22/h3-7,9-10,12-13,17-18H,2,8,11,14-15H2,1H3. The second-order valence-electron chi connectivity index (χ2n) is 6.92. The number of fused-ring (bicyclic) bond motifs is 1. The van der Waals surface area contributed by atoms with Crippen molar-refractivity contribution in [1.29, 1.82) is 0 Å². The normalized spacial score (nSPS) is 17.9. The highest BCUT2D eigenvalue weighted by Crippen LogP contribution is 2.33. The third kappa shape index (κ3) is 3.89. The van der Waals surface area contributed by atoms with Crippen LogP contribution in [0.25, 0.3) is 10.2 Å². The van der Waals surface area contributed by atoms with Gasteiger partial charge in [-0.3, -0.25) is 9.69 Å². The lowest BCUT2D eigenvalue weighted by molar-refractivity contribution is -0.120. The topological polar surface area (TPSA) is 42.4 Å². The average Bonchev–Trinajstić information content (AvgIpc) is 3.36. The van der Waals surface area contributed by atoms with E-state index in [2.05, 4.69) is 13.0 Å². The maximum atomic E-state index is 13.6. The van der Waals surface area contributed by atoms with Crippen LogP contribution in [0.15, 0.2) is 54.6 Å². The molecule has 0 aliphatic carbocycles. The van der Waals surface area contributed by atoms with Gasteiger partial charge in [-0.25, -0.2) is 4.98 Å². The number of thiazole rings is 1. The van der Waals surface area contributed by atoms with E-state index in [-0.39, 0.29) is 17.9 Å². The van der Waals surface area contributed by atoms with Crippen LogP contribution in [0.5, 0.6) is 0 Å². The molecule has 0 saturated carbocycles. The van der Waals surface area contributed by atoms with Gasteiger partial charge in [-0.2, -0.15) is 0 Å². The molecular formula is C22H24N2O2S. The molecule has 1 aromatic heterocycles. The molecule has 4 rings (SSSR count). The fourth-order valence-corrected chi connectivity index (χ4v) is 4.64. The lowest BCUT2D eigenvalue weighted by Gasteiger charge is -2.27. The van der Waals surface area contributed by atoms with Gasteiger partial charge < -0.3 is 4.74 Å². The van der Waals surface area contributed by atoms with Crippen LogP contribution in [0.2, 0.25) is 0 Å². The highest BCUT2D eigenvalue weighted by Gasteiger charge is 2.30. The number of benzene rings is 2. The molecule has 2 aromatic carbocycles. The van der Waals surface area contributed by atoms with E-state index < -0.39 is 0 Å². The van der Waals surface area contributed by atoms with Crippen molar-refractivity contribution >= 4 is 32.6 Å². The zero-order valence-electron chi connectivity index (χ0n) is 15.5. The number of hydrogen-bond donors (Lipinski definition) is 0. The number of nitrogens with zero attached hydrogens (tertiary/aromatic N) is 2. The van der Waals surface area contributed by atoms with E-state index in [0.717, 1.165) is 46.8 Å². The van der Waals surface area contributed by atoms with Crippen molar-refractivity contribution in [3.05, 3.63) is 60.2 Å². The molecular weight excluding hydrogens is 356 g/mol. The van der Waals surface area contributed by atoms with E-state index in [4.69, 9.17) is 9.72 Å². The summed E-state index contributed by atoms with van der Waals surface area (Å²) in [6.07, 6.45) is 2.91. The quantitative estimate of drug-likeness (QED) is 0.604. The van der Waals surface area contributed by atoms with Crippen molar-refractivity contribution in [2.75, 3.05) is 18.1 Å². The van der Waals surface area contributed by atoms with Crippen LogP contribution in [-0.4, -0.2) is 30.1 Å². The van der Waals surface area contributed by atoms with Crippen LogP contribution >= 0.6 is 11.3 Å². The van der Waals surface area contributed by atoms with Gasteiger partial charge in [-0.05, 0) is 37.0 Å². The first-order valence-corrected chi connectivity index (χ1v) is 10.4. The number of rotatable bonds is 6. The van der Waals surface area contributed by atoms with Gasteiger partial charge in [0.1, 0.15) is 0 Å². The van der Waals surface area contributed by atoms with Gasteiger partial charge in [-0.1, -0.05) is 60.7 Å². The molecule has 27 heavy (non-hydrogen) atoms. The second-order valence-corrected chi connectivity index (χ2v) is 7.93. The number of ether oxygens (including phenoxy) is 1. The molecule has 2 atom stereocenters. The summed E-state index contributed by atoms with van der Waals surface area (Å²) in [5, 5.41) is 0.770. The van der Waals surface area contributed by atoms with Crippen LogP contribution in [-0.2, 0) is 9.53 Å². The summed E-state index contributed by atoms with van der Waals surface area (Å²) in [4.78, 5) is 20.2. The third-order valence-electron chi connectivity index (χ3n) is 5.10. The number of aromatic nitrogens is 1. The Morgan fingerprint density at radius 3 is 2.70 bits per heavy atom. The Bertz CT molecular complexity index is 870. The van der Waals surface area contributed by atoms with Gasteiger partial charge in [0, 0.05) is 6.61 Å².